The Morgan fingerprint density at radius 1 is 1.38 bits per heavy atom. The third kappa shape index (κ3) is 3.20. The zero-order valence-electron chi connectivity index (χ0n) is 14.2. The van der Waals surface area contributed by atoms with Crippen LogP contribution in [0.5, 0.6) is 0 Å². The Kier molecular flexibility index (Phi) is 4.88. The molecule has 8 heteroatoms. The molecule has 0 saturated heterocycles. The van der Waals surface area contributed by atoms with E-state index in [1.54, 1.807) is 11.3 Å². The second kappa shape index (κ2) is 7.30. The molecule has 3 N–H and O–H groups in total. The van der Waals surface area contributed by atoms with E-state index in [0.29, 0.717) is 22.7 Å². The predicted octanol–water partition coefficient (Wildman–Crippen LogP) is 2.43. The Hall–Kier alpha value is -2.03. The molecule has 2 unspecified atom stereocenters. The number of carbonyl (C=O) groups excluding carboxylic acids is 1. The van der Waals surface area contributed by atoms with Gasteiger partial charge in [0.25, 0.3) is 5.56 Å². The molecule has 3 aromatic heterocycles. The summed E-state index contributed by atoms with van der Waals surface area (Å²) in [7, 11) is 0. The Bertz CT molecular complexity index is 977. The molecular formula is C18H20N4O2S2. The highest BCUT2D eigenvalue weighted by Crippen LogP contribution is 2.33. The SMILES string of the molecule is NCC1CCCC1NC(=O)Cn1cnc2scc(-c3cccs3)c2c1=O. The Balaban J connectivity index is 1.59. The summed E-state index contributed by atoms with van der Waals surface area (Å²) in [5.74, 6) is 0.171. The average Bonchev–Trinajstić information content (AvgIpc) is 3.36. The first-order valence-corrected chi connectivity index (χ1v) is 10.4. The summed E-state index contributed by atoms with van der Waals surface area (Å²) in [6.07, 6.45) is 4.55. The van der Waals surface area contributed by atoms with Crippen LogP contribution in [0.25, 0.3) is 20.7 Å². The van der Waals surface area contributed by atoms with Crippen molar-refractivity contribution in [2.24, 2.45) is 11.7 Å². The molecule has 1 aliphatic rings. The highest BCUT2D eigenvalue weighted by Gasteiger charge is 2.27. The monoisotopic (exact) mass is 388 g/mol. The van der Waals surface area contributed by atoms with E-state index in [0.717, 1.165) is 29.7 Å². The Labute approximate surface area is 158 Å². The van der Waals surface area contributed by atoms with Crippen molar-refractivity contribution in [3.63, 3.8) is 0 Å². The normalized spacial score (nSPS) is 19.9. The number of amides is 1. The van der Waals surface area contributed by atoms with Gasteiger partial charge in [0, 0.05) is 21.9 Å². The molecule has 1 fully saturated rings. The molecule has 0 aliphatic heterocycles. The molecule has 136 valence electrons. The van der Waals surface area contributed by atoms with Crippen molar-refractivity contribution in [1.29, 1.82) is 0 Å². The van der Waals surface area contributed by atoms with E-state index in [-0.39, 0.29) is 24.1 Å². The van der Waals surface area contributed by atoms with Gasteiger partial charge < -0.3 is 11.1 Å². The summed E-state index contributed by atoms with van der Waals surface area (Å²) in [5, 5.41) is 7.57. The van der Waals surface area contributed by atoms with Crippen LogP contribution in [0.1, 0.15) is 19.3 Å². The highest BCUT2D eigenvalue weighted by atomic mass is 32.1. The van der Waals surface area contributed by atoms with Crippen molar-refractivity contribution in [2.45, 2.75) is 31.8 Å². The van der Waals surface area contributed by atoms with Crippen LogP contribution >= 0.6 is 22.7 Å². The summed E-state index contributed by atoms with van der Waals surface area (Å²) in [4.78, 5) is 31.5. The number of hydrogen-bond acceptors (Lipinski definition) is 6. The van der Waals surface area contributed by atoms with Gasteiger partial charge >= 0.3 is 0 Å². The number of thiophene rings is 2. The molecule has 2 atom stereocenters. The van der Waals surface area contributed by atoms with E-state index >= 15 is 0 Å². The molecule has 1 aliphatic carbocycles. The van der Waals surface area contributed by atoms with E-state index in [2.05, 4.69) is 10.3 Å². The van der Waals surface area contributed by atoms with E-state index in [9.17, 15) is 9.59 Å². The first-order valence-electron chi connectivity index (χ1n) is 8.67. The number of nitrogens with zero attached hydrogens (tertiary/aromatic N) is 2. The van der Waals surface area contributed by atoms with E-state index in [4.69, 9.17) is 5.73 Å². The van der Waals surface area contributed by atoms with Gasteiger partial charge in [-0.15, -0.1) is 22.7 Å². The highest BCUT2D eigenvalue weighted by molar-refractivity contribution is 7.18. The molecule has 26 heavy (non-hydrogen) atoms. The van der Waals surface area contributed by atoms with Crippen LogP contribution in [-0.4, -0.2) is 28.0 Å². The fourth-order valence-electron chi connectivity index (χ4n) is 3.61. The molecule has 1 amide bonds. The smallest absolute Gasteiger partial charge is 0.263 e. The third-order valence-electron chi connectivity index (χ3n) is 4.97. The fraction of sp³-hybridized carbons (Fsp3) is 0.389. The van der Waals surface area contributed by atoms with Crippen LogP contribution in [0.15, 0.2) is 34.0 Å². The second-order valence-electron chi connectivity index (χ2n) is 6.59. The fourth-order valence-corrected chi connectivity index (χ4v) is 5.33. The minimum atomic E-state index is -0.170. The van der Waals surface area contributed by atoms with Crippen LogP contribution in [0, 0.1) is 5.92 Å². The summed E-state index contributed by atoms with van der Waals surface area (Å²) in [6, 6.07) is 4.06. The van der Waals surface area contributed by atoms with Crippen molar-refractivity contribution < 1.29 is 4.79 Å². The van der Waals surface area contributed by atoms with E-state index < -0.39 is 0 Å². The number of aromatic nitrogens is 2. The van der Waals surface area contributed by atoms with Gasteiger partial charge in [-0.05, 0) is 36.8 Å². The number of nitrogens with one attached hydrogen (secondary N) is 1. The first-order chi connectivity index (χ1) is 12.7. The average molecular weight is 389 g/mol. The Morgan fingerprint density at radius 2 is 2.27 bits per heavy atom. The van der Waals surface area contributed by atoms with Crippen LogP contribution in [0.4, 0.5) is 0 Å². The van der Waals surface area contributed by atoms with Crippen molar-refractivity contribution >= 4 is 38.8 Å². The number of rotatable bonds is 5. The predicted molar refractivity (Wildman–Crippen MR) is 106 cm³/mol. The van der Waals surface area contributed by atoms with Gasteiger partial charge in [0.15, 0.2) is 0 Å². The van der Waals surface area contributed by atoms with Crippen LogP contribution in [-0.2, 0) is 11.3 Å². The van der Waals surface area contributed by atoms with Crippen molar-refractivity contribution in [2.75, 3.05) is 6.54 Å². The van der Waals surface area contributed by atoms with E-state index in [1.807, 2.05) is 22.9 Å². The van der Waals surface area contributed by atoms with Gasteiger partial charge in [-0.2, -0.15) is 0 Å². The van der Waals surface area contributed by atoms with Gasteiger partial charge in [0.1, 0.15) is 11.4 Å². The second-order valence-corrected chi connectivity index (χ2v) is 8.39. The number of nitrogens with two attached hydrogens (primary N) is 1. The summed E-state index contributed by atoms with van der Waals surface area (Å²) in [5.41, 5.74) is 6.50. The molecule has 6 nitrogen and oxygen atoms in total. The maximum atomic E-state index is 12.9. The van der Waals surface area contributed by atoms with Crippen LogP contribution in [0.2, 0.25) is 0 Å². The summed E-state index contributed by atoms with van der Waals surface area (Å²) >= 11 is 3.04. The molecule has 1 saturated carbocycles. The minimum absolute atomic E-state index is 0.0186. The summed E-state index contributed by atoms with van der Waals surface area (Å²) < 4.78 is 1.40. The number of carbonyl (C=O) groups is 1. The quantitative estimate of drug-likeness (QED) is 0.702. The molecule has 3 heterocycles. The van der Waals surface area contributed by atoms with Crippen molar-refractivity contribution in [3.05, 3.63) is 39.6 Å². The molecule has 0 aromatic carbocycles. The third-order valence-corrected chi connectivity index (χ3v) is 6.76. The van der Waals surface area contributed by atoms with Crippen LogP contribution in [0.3, 0.4) is 0 Å². The molecule has 3 aromatic rings. The summed E-state index contributed by atoms with van der Waals surface area (Å²) in [6.45, 7) is 0.562. The lowest BCUT2D eigenvalue weighted by Gasteiger charge is -2.19. The lowest BCUT2D eigenvalue weighted by Crippen LogP contribution is -2.42. The lowest BCUT2D eigenvalue weighted by molar-refractivity contribution is -0.122. The number of fused-ring (bicyclic) bond motifs is 1. The van der Waals surface area contributed by atoms with Gasteiger partial charge in [-0.1, -0.05) is 12.5 Å². The van der Waals surface area contributed by atoms with Crippen molar-refractivity contribution in [1.82, 2.24) is 14.9 Å². The molecule has 0 bridgehead atoms. The molecule has 0 spiro atoms. The standard InChI is InChI=1S/C18H20N4O2S2/c19-7-11-3-1-4-13(11)21-15(23)8-22-10-20-17-16(18(22)24)12(9-26-17)14-5-2-6-25-14/h2,5-6,9-11,13H,1,3-4,7-8,19H2,(H,21,23). The van der Waals surface area contributed by atoms with Crippen molar-refractivity contribution in [3.8, 4) is 10.4 Å². The lowest BCUT2D eigenvalue weighted by atomic mass is 10.0. The van der Waals surface area contributed by atoms with Gasteiger partial charge in [0.05, 0.1) is 11.7 Å². The van der Waals surface area contributed by atoms with E-state index in [1.165, 1.54) is 22.2 Å². The van der Waals surface area contributed by atoms with Crippen LogP contribution < -0.4 is 16.6 Å². The molecule has 4 rings (SSSR count). The topological polar surface area (TPSA) is 90.0 Å². The number of hydrogen-bond donors (Lipinski definition) is 2. The molecular weight excluding hydrogens is 368 g/mol. The van der Waals surface area contributed by atoms with Gasteiger partial charge in [-0.25, -0.2) is 4.98 Å². The minimum Gasteiger partial charge on any atom is -0.351 e. The van der Waals surface area contributed by atoms with Gasteiger partial charge in [0.2, 0.25) is 5.91 Å². The largest absolute Gasteiger partial charge is 0.351 e. The van der Waals surface area contributed by atoms with Gasteiger partial charge in [-0.3, -0.25) is 14.2 Å². The maximum absolute atomic E-state index is 12.9. The zero-order valence-corrected chi connectivity index (χ0v) is 15.8. The first kappa shape index (κ1) is 17.4. The molecule has 0 radical (unpaired) electrons. The Morgan fingerprint density at radius 3 is 3.04 bits per heavy atom. The maximum Gasteiger partial charge on any atom is 0.263 e. The zero-order chi connectivity index (χ0) is 18.1.